The van der Waals surface area contributed by atoms with E-state index in [0.717, 1.165) is 6.07 Å². The van der Waals surface area contributed by atoms with E-state index in [1.165, 1.54) is 0 Å². The van der Waals surface area contributed by atoms with Crippen molar-refractivity contribution < 1.29 is 18.8 Å². The molecule has 0 atom stereocenters. The summed E-state index contributed by atoms with van der Waals surface area (Å²) >= 11 is 2.78. The third-order valence-corrected chi connectivity index (χ3v) is 1.93. The van der Waals surface area contributed by atoms with Crippen molar-refractivity contribution in [1.29, 1.82) is 0 Å². The van der Waals surface area contributed by atoms with Crippen LogP contribution in [0.3, 0.4) is 0 Å². The molecule has 2 N–H and O–H groups in total. The average molecular weight is 237 g/mol. The largest absolute Gasteiger partial charge is 0.491 e. The molecule has 0 spiro atoms. The maximum absolute atomic E-state index is 12.7. The minimum atomic E-state index is -1.93. The number of hydrogen-bond donors (Lipinski definition) is 2. The molecule has 0 aliphatic rings. The fourth-order valence-corrected chi connectivity index (χ4v) is 1.10. The lowest BCUT2D eigenvalue weighted by atomic mass is 9.80. The van der Waals surface area contributed by atoms with Crippen molar-refractivity contribution in [1.82, 2.24) is 0 Å². The minimum absolute atomic E-state index is 0.00741. The number of halogens is 3. The van der Waals surface area contributed by atoms with Gasteiger partial charge in [-0.2, -0.15) is 0 Å². The summed E-state index contributed by atoms with van der Waals surface area (Å²) in [4.78, 5) is 0. The molecule has 0 heterocycles. The van der Waals surface area contributed by atoms with Crippen LogP contribution in [0.1, 0.15) is 0 Å². The van der Waals surface area contributed by atoms with Crippen molar-refractivity contribution in [2.45, 2.75) is 0 Å². The van der Waals surface area contributed by atoms with Crippen molar-refractivity contribution in [3.8, 4) is 0 Å². The van der Waals surface area contributed by atoms with E-state index in [4.69, 9.17) is 10.0 Å². The Kier molecular flexibility index (Phi) is 2.82. The smallest absolute Gasteiger partial charge is 0.423 e. The highest BCUT2D eigenvalue weighted by atomic mass is 79.9. The lowest BCUT2D eigenvalue weighted by Gasteiger charge is -2.02. The summed E-state index contributed by atoms with van der Waals surface area (Å²) in [6.07, 6.45) is 0. The highest BCUT2D eigenvalue weighted by molar-refractivity contribution is 9.10. The number of benzene rings is 1. The number of hydrogen-bond acceptors (Lipinski definition) is 2. The molecule has 1 aromatic rings. The van der Waals surface area contributed by atoms with Crippen LogP contribution in [0.2, 0.25) is 0 Å². The van der Waals surface area contributed by atoms with E-state index in [2.05, 4.69) is 15.9 Å². The summed E-state index contributed by atoms with van der Waals surface area (Å²) in [5, 5.41) is 17.2. The first kappa shape index (κ1) is 9.63. The van der Waals surface area contributed by atoms with E-state index in [0.29, 0.717) is 6.07 Å². The van der Waals surface area contributed by atoms with Gasteiger partial charge in [0, 0.05) is 11.5 Å². The first-order chi connectivity index (χ1) is 5.52. The van der Waals surface area contributed by atoms with Crippen molar-refractivity contribution in [2.75, 3.05) is 0 Å². The molecular weight excluding hydrogens is 233 g/mol. The van der Waals surface area contributed by atoms with Crippen LogP contribution in [0.15, 0.2) is 16.6 Å². The number of rotatable bonds is 1. The SMILES string of the molecule is OB(O)c1cc(Br)c(F)cc1F. The zero-order valence-corrected chi connectivity index (χ0v) is 7.35. The van der Waals surface area contributed by atoms with Crippen molar-refractivity contribution >= 4 is 28.5 Å². The van der Waals surface area contributed by atoms with Gasteiger partial charge in [0.15, 0.2) is 0 Å². The molecule has 0 aromatic heterocycles. The van der Waals surface area contributed by atoms with Crippen LogP contribution < -0.4 is 5.46 Å². The Morgan fingerprint density at radius 1 is 1.17 bits per heavy atom. The standard InChI is InChI=1S/C6H4BBrF2O2/c8-4-1-3(7(11)12)5(9)2-6(4)10/h1-2,11-12H. The van der Waals surface area contributed by atoms with Gasteiger partial charge >= 0.3 is 7.12 Å². The summed E-state index contributed by atoms with van der Waals surface area (Å²) in [6.45, 7) is 0. The van der Waals surface area contributed by atoms with Crippen LogP contribution in [0.25, 0.3) is 0 Å². The lowest BCUT2D eigenvalue weighted by molar-refractivity contribution is 0.422. The van der Waals surface area contributed by atoms with E-state index in [1.807, 2.05) is 0 Å². The van der Waals surface area contributed by atoms with E-state index >= 15 is 0 Å². The molecule has 2 nitrogen and oxygen atoms in total. The van der Waals surface area contributed by atoms with Gasteiger partial charge in [0.1, 0.15) is 11.6 Å². The first-order valence-electron chi connectivity index (χ1n) is 3.03. The molecule has 12 heavy (non-hydrogen) atoms. The third kappa shape index (κ3) is 1.82. The molecule has 0 aliphatic carbocycles. The summed E-state index contributed by atoms with van der Waals surface area (Å²) < 4.78 is 25.3. The Bertz CT molecular complexity index is 306. The van der Waals surface area contributed by atoms with Gasteiger partial charge in [0.05, 0.1) is 4.47 Å². The second-order valence-corrected chi connectivity index (χ2v) is 3.02. The van der Waals surface area contributed by atoms with Crippen molar-refractivity contribution in [3.63, 3.8) is 0 Å². The summed E-state index contributed by atoms with van der Waals surface area (Å²) in [7, 11) is -1.93. The quantitative estimate of drug-likeness (QED) is 0.548. The molecular formula is C6H4BBrF2O2. The zero-order chi connectivity index (χ0) is 9.30. The molecule has 0 aliphatic heterocycles. The second kappa shape index (κ2) is 3.51. The maximum atomic E-state index is 12.7. The second-order valence-electron chi connectivity index (χ2n) is 2.16. The maximum Gasteiger partial charge on any atom is 0.491 e. The monoisotopic (exact) mass is 236 g/mol. The average Bonchev–Trinajstić information content (AvgIpc) is 1.96. The molecule has 1 aromatic carbocycles. The van der Waals surface area contributed by atoms with E-state index < -0.39 is 18.8 Å². The fourth-order valence-electron chi connectivity index (χ4n) is 0.736. The predicted octanol–water partition coefficient (Wildman–Crippen LogP) is 0.407. The van der Waals surface area contributed by atoms with Gasteiger partial charge in [-0.25, -0.2) is 8.78 Å². The van der Waals surface area contributed by atoms with Crippen LogP contribution >= 0.6 is 15.9 Å². The minimum Gasteiger partial charge on any atom is -0.423 e. The summed E-state index contributed by atoms with van der Waals surface area (Å²) in [5.74, 6) is -1.76. The van der Waals surface area contributed by atoms with E-state index in [-0.39, 0.29) is 9.94 Å². The Hall–Kier alpha value is -0.455. The first-order valence-corrected chi connectivity index (χ1v) is 3.82. The lowest BCUT2D eigenvalue weighted by Crippen LogP contribution is -2.32. The van der Waals surface area contributed by atoms with Crippen LogP contribution in [-0.4, -0.2) is 17.2 Å². The molecule has 0 unspecified atom stereocenters. The van der Waals surface area contributed by atoms with Gasteiger partial charge in [0.2, 0.25) is 0 Å². The molecule has 0 saturated heterocycles. The molecule has 0 fully saturated rings. The van der Waals surface area contributed by atoms with Crippen LogP contribution in [-0.2, 0) is 0 Å². The van der Waals surface area contributed by atoms with E-state index in [1.54, 1.807) is 0 Å². The van der Waals surface area contributed by atoms with E-state index in [9.17, 15) is 8.78 Å². The fraction of sp³-hybridized carbons (Fsp3) is 0. The molecule has 0 saturated carbocycles. The molecule has 1 rings (SSSR count). The van der Waals surface area contributed by atoms with Crippen molar-refractivity contribution in [3.05, 3.63) is 28.2 Å². The molecule has 64 valence electrons. The highest BCUT2D eigenvalue weighted by Gasteiger charge is 2.18. The molecule has 0 bridgehead atoms. The summed E-state index contributed by atoms with van der Waals surface area (Å²) in [6, 6.07) is 1.56. The van der Waals surface area contributed by atoms with Gasteiger partial charge < -0.3 is 10.0 Å². The van der Waals surface area contributed by atoms with Crippen LogP contribution in [0.5, 0.6) is 0 Å². The van der Waals surface area contributed by atoms with Crippen LogP contribution in [0, 0.1) is 11.6 Å². The van der Waals surface area contributed by atoms with Gasteiger partial charge in [-0.3, -0.25) is 0 Å². The van der Waals surface area contributed by atoms with Gasteiger partial charge in [-0.15, -0.1) is 0 Å². The topological polar surface area (TPSA) is 40.5 Å². The van der Waals surface area contributed by atoms with Crippen molar-refractivity contribution in [2.24, 2.45) is 0 Å². The Balaban J connectivity index is 3.23. The van der Waals surface area contributed by atoms with Gasteiger partial charge in [-0.1, -0.05) is 0 Å². The molecule has 6 heteroatoms. The Morgan fingerprint density at radius 3 is 2.25 bits per heavy atom. The predicted molar refractivity (Wildman–Crippen MR) is 43.9 cm³/mol. The normalized spacial score (nSPS) is 10.1. The Morgan fingerprint density at radius 2 is 1.75 bits per heavy atom. The highest BCUT2D eigenvalue weighted by Crippen LogP contribution is 2.14. The third-order valence-electron chi connectivity index (χ3n) is 1.32. The van der Waals surface area contributed by atoms with Gasteiger partial charge in [0.25, 0.3) is 0 Å². The molecule has 0 amide bonds. The Labute approximate surface area is 76.1 Å². The summed E-state index contributed by atoms with van der Waals surface area (Å²) in [5.41, 5.74) is -0.358. The molecule has 0 radical (unpaired) electrons. The van der Waals surface area contributed by atoms with Crippen LogP contribution in [0.4, 0.5) is 8.78 Å². The zero-order valence-electron chi connectivity index (χ0n) is 5.76. The van der Waals surface area contributed by atoms with Gasteiger partial charge in [-0.05, 0) is 22.0 Å².